The van der Waals surface area contributed by atoms with Crippen molar-refractivity contribution >= 4 is 41.2 Å². The van der Waals surface area contributed by atoms with Crippen molar-refractivity contribution in [1.29, 1.82) is 0 Å². The van der Waals surface area contributed by atoms with Gasteiger partial charge in [-0.15, -0.1) is 26.3 Å². The number of carbonyl (C=O) groups excluding carboxylic acids is 2. The van der Waals surface area contributed by atoms with E-state index in [0.717, 1.165) is 55.8 Å². The number of halogens is 8. The number of piperidine rings is 1. The zero-order valence-electron chi connectivity index (χ0n) is 32.5. The van der Waals surface area contributed by atoms with E-state index >= 15 is 0 Å². The van der Waals surface area contributed by atoms with Gasteiger partial charge in [-0.1, -0.05) is 48.5 Å². The highest BCUT2D eigenvalue weighted by Crippen LogP contribution is 2.33. The summed E-state index contributed by atoms with van der Waals surface area (Å²) in [6.07, 6.45) is -6.75. The molecule has 0 spiro atoms. The molecule has 0 saturated carbocycles. The van der Waals surface area contributed by atoms with E-state index in [1.165, 1.54) is 30.6 Å². The number of amides is 2. The molecule has 1 saturated heterocycles. The van der Waals surface area contributed by atoms with Crippen molar-refractivity contribution in [2.75, 3.05) is 18.8 Å². The summed E-state index contributed by atoms with van der Waals surface area (Å²) in [5.74, 6) is -5.21. The lowest BCUT2D eigenvalue weighted by atomic mass is 9.80. The molecule has 4 aromatic carbocycles. The van der Waals surface area contributed by atoms with Gasteiger partial charge in [-0.05, 0) is 60.2 Å². The third kappa shape index (κ3) is 12.2. The lowest BCUT2D eigenvalue weighted by Gasteiger charge is -2.23. The number of nitrogens with zero attached hydrogens (tertiary/aromatic N) is 4. The van der Waals surface area contributed by atoms with Crippen LogP contribution in [0, 0.1) is 11.6 Å². The molecule has 0 aliphatic carbocycles. The van der Waals surface area contributed by atoms with Gasteiger partial charge < -0.3 is 41.2 Å². The molecule has 7 rings (SSSR count). The number of nitrogens with one attached hydrogen (secondary N) is 3. The van der Waals surface area contributed by atoms with Gasteiger partial charge in [-0.2, -0.15) is 5.10 Å². The van der Waals surface area contributed by atoms with E-state index in [9.17, 15) is 44.7 Å². The number of nitrogen functional groups attached to an aromatic ring is 1. The first-order chi connectivity index (χ1) is 29.8. The van der Waals surface area contributed by atoms with Crippen LogP contribution in [0.4, 0.5) is 40.9 Å². The van der Waals surface area contributed by atoms with Crippen LogP contribution >= 0.6 is 0 Å². The van der Waals surface area contributed by atoms with E-state index < -0.39 is 65.9 Å². The smallest absolute Gasteiger partial charge is 0.423 e. The summed E-state index contributed by atoms with van der Waals surface area (Å²) in [4.78, 5) is 33.1. The first-order valence-electron chi connectivity index (χ1n) is 18.8. The summed E-state index contributed by atoms with van der Waals surface area (Å²) in [6.45, 7) is 1.69. The topological polar surface area (TPSA) is 199 Å². The highest BCUT2D eigenvalue weighted by atomic mass is 19.4. The van der Waals surface area contributed by atoms with Crippen LogP contribution in [-0.4, -0.2) is 74.5 Å². The fraction of sp³-hybridized carbons (Fsp3) is 0.225. The van der Waals surface area contributed by atoms with Gasteiger partial charge in [0.25, 0.3) is 11.8 Å². The second-order valence-corrected chi connectivity index (χ2v) is 13.8. The molecule has 0 bridgehead atoms. The zero-order valence-corrected chi connectivity index (χ0v) is 32.5. The lowest BCUT2D eigenvalue weighted by molar-refractivity contribution is -0.275. The molecule has 1 fully saturated rings. The molecule has 0 unspecified atom stereocenters. The van der Waals surface area contributed by atoms with E-state index in [2.05, 4.69) is 35.4 Å². The van der Waals surface area contributed by atoms with Crippen LogP contribution < -0.4 is 36.6 Å². The molecule has 7 N–H and O–H groups in total. The molecule has 1 aliphatic rings. The minimum Gasteiger partial charge on any atom is -0.423 e. The van der Waals surface area contributed by atoms with Crippen molar-refractivity contribution in [3.63, 3.8) is 0 Å². The highest BCUT2D eigenvalue weighted by Gasteiger charge is 2.34. The van der Waals surface area contributed by atoms with Crippen LogP contribution in [0.3, 0.4) is 0 Å². The number of alkyl halides is 6. The fourth-order valence-electron chi connectivity index (χ4n) is 6.42. The number of rotatable bonds is 11. The molecule has 63 heavy (non-hydrogen) atoms. The maximum absolute atomic E-state index is 13.4. The van der Waals surface area contributed by atoms with Gasteiger partial charge in [-0.25, -0.2) is 23.4 Å². The van der Waals surface area contributed by atoms with Gasteiger partial charge in [0.05, 0.1) is 22.6 Å². The Kier molecular flexibility index (Phi) is 14.1. The number of ether oxygens (including phenoxy) is 2. The van der Waals surface area contributed by atoms with Gasteiger partial charge in [0.1, 0.15) is 41.0 Å². The Morgan fingerprint density at radius 1 is 0.794 bits per heavy atom. The molecule has 6 aromatic rings. The van der Waals surface area contributed by atoms with Gasteiger partial charge in [0.15, 0.2) is 5.65 Å². The fourth-order valence-corrected chi connectivity index (χ4v) is 6.42. The van der Waals surface area contributed by atoms with Crippen molar-refractivity contribution < 1.29 is 64.2 Å². The van der Waals surface area contributed by atoms with Crippen molar-refractivity contribution in [1.82, 2.24) is 35.7 Å². The second-order valence-electron chi connectivity index (χ2n) is 13.8. The molecule has 330 valence electrons. The van der Waals surface area contributed by atoms with Crippen molar-refractivity contribution in [3.8, 4) is 22.8 Å². The molecular weight excluding hydrogens is 851 g/mol. The van der Waals surface area contributed by atoms with E-state index in [1.54, 1.807) is 24.3 Å². The standard InChI is InChI=1S/C25H23F4N7O2.C15H12BF4NO4/c26-16-7-8-18(19(10-16)38-25(27,28)29)24(37)32-11-14-3-5-15(6-4-14)21-20-22(30)33-13-34-23(20)36(35-21)17-2-1-9-31-12-17;17-11-5-6-12(13(7-11)25-15(18,19)20)14(22)21-8-9-1-3-10(4-2-9)16(23)24/h3-8,10,13,17,31H,1-2,9,11-12H2,(H,32,37)(H2,30,33,34);1-7,23-24H,8H2,(H,21,22)/t17-;/m1./s1. The summed E-state index contributed by atoms with van der Waals surface area (Å²) < 4.78 is 111. The summed E-state index contributed by atoms with van der Waals surface area (Å²) in [7, 11) is -1.63. The lowest BCUT2D eigenvalue weighted by Crippen LogP contribution is -2.32. The molecule has 1 aliphatic heterocycles. The number of fused-ring (bicyclic) bond motifs is 1. The molecule has 1 atom stereocenters. The van der Waals surface area contributed by atoms with E-state index in [-0.39, 0.29) is 24.6 Å². The predicted octanol–water partition coefficient (Wildman–Crippen LogP) is 5.30. The Morgan fingerprint density at radius 3 is 1.79 bits per heavy atom. The Balaban J connectivity index is 0.000000230. The molecular formula is C40H35BF8N8O6. The minimum atomic E-state index is -5.07. The third-order valence-corrected chi connectivity index (χ3v) is 9.37. The van der Waals surface area contributed by atoms with Crippen molar-refractivity contribution in [2.24, 2.45) is 0 Å². The molecule has 3 heterocycles. The Morgan fingerprint density at radius 2 is 1.32 bits per heavy atom. The van der Waals surface area contributed by atoms with E-state index in [0.29, 0.717) is 45.8 Å². The molecule has 2 amide bonds. The summed E-state index contributed by atoms with van der Waals surface area (Å²) in [6, 6.07) is 17.6. The molecule has 0 radical (unpaired) electrons. The quantitative estimate of drug-likeness (QED) is 0.0729. The van der Waals surface area contributed by atoms with Crippen LogP contribution in [-0.2, 0) is 13.1 Å². The summed E-state index contributed by atoms with van der Waals surface area (Å²) in [5, 5.41) is 31.7. The Labute approximate surface area is 352 Å². The third-order valence-electron chi connectivity index (χ3n) is 9.37. The first kappa shape index (κ1) is 45.7. The van der Waals surface area contributed by atoms with Crippen LogP contribution in [0.5, 0.6) is 11.5 Å². The average Bonchev–Trinajstić information content (AvgIpc) is 3.63. The first-order valence-corrected chi connectivity index (χ1v) is 18.8. The van der Waals surface area contributed by atoms with Gasteiger partial charge >= 0.3 is 19.8 Å². The van der Waals surface area contributed by atoms with E-state index in [1.807, 2.05) is 4.68 Å². The maximum Gasteiger partial charge on any atom is 0.573 e. The minimum absolute atomic E-state index is 0.0100. The number of nitrogens with two attached hydrogens (primary N) is 1. The monoisotopic (exact) mass is 886 g/mol. The maximum atomic E-state index is 13.4. The number of hydrogen-bond acceptors (Lipinski definition) is 11. The van der Waals surface area contributed by atoms with Gasteiger partial charge in [-0.3, -0.25) is 9.59 Å². The van der Waals surface area contributed by atoms with Crippen LogP contribution in [0.15, 0.2) is 91.3 Å². The number of hydrogen-bond donors (Lipinski definition) is 6. The highest BCUT2D eigenvalue weighted by molar-refractivity contribution is 6.58. The summed E-state index contributed by atoms with van der Waals surface area (Å²) >= 11 is 0. The predicted molar refractivity (Wildman–Crippen MR) is 211 cm³/mol. The molecule has 23 heteroatoms. The summed E-state index contributed by atoms with van der Waals surface area (Å²) in [5.41, 5.74) is 8.80. The Bertz CT molecular complexity index is 2550. The van der Waals surface area contributed by atoms with Crippen molar-refractivity contribution in [2.45, 2.75) is 44.7 Å². The zero-order chi connectivity index (χ0) is 45.5. The average molecular weight is 887 g/mol. The number of benzene rings is 4. The molecule has 2 aromatic heterocycles. The van der Waals surface area contributed by atoms with Gasteiger partial charge in [0.2, 0.25) is 0 Å². The SMILES string of the molecule is Nc1ncnc2c1c(-c1ccc(CNC(=O)c3ccc(F)cc3OC(F)(F)F)cc1)nn2[C@@H]1CCCNC1.O=C(NCc1ccc(B(O)O)cc1)c1ccc(F)cc1OC(F)(F)F. The largest absolute Gasteiger partial charge is 0.573 e. The Hall–Kier alpha value is -6.85. The van der Waals surface area contributed by atoms with Crippen LogP contribution in [0.2, 0.25) is 0 Å². The van der Waals surface area contributed by atoms with Crippen LogP contribution in [0.25, 0.3) is 22.3 Å². The van der Waals surface area contributed by atoms with E-state index in [4.69, 9.17) is 20.9 Å². The number of anilines is 1. The van der Waals surface area contributed by atoms with Gasteiger partial charge in [0, 0.05) is 37.3 Å². The van der Waals surface area contributed by atoms with Crippen LogP contribution in [0.1, 0.15) is 50.7 Å². The normalized spacial score (nSPS) is 14.0. The second kappa shape index (κ2) is 19.5. The molecule has 14 nitrogen and oxygen atoms in total. The number of carbonyl (C=O) groups is 2. The van der Waals surface area contributed by atoms with Crippen molar-refractivity contribution in [3.05, 3.63) is 125 Å². The number of aromatic nitrogens is 4.